The van der Waals surface area contributed by atoms with Gasteiger partial charge < -0.3 is 0 Å². The van der Waals surface area contributed by atoms with E-state index in [4.69, 9.17) is 0 Å². The van der Waals surface area contributed by atoms with Crippen molar-refractivity contribution in [2.24, 2.45) is 0 Å². The molecule has 0 saturated heterocycles. The molecular formula is C7H3IO2S2. The second kappa shape index (κ2) is 2.88. The third kappa shape index (κ3) is 1.10. The van der Waals surface area contributed by atoms with Crippen LogP contribution < -0.4 is 0 Å². The Labute approximate surface area is 91.4 Å². The van der Waals surface area contributed by atoms with E-state index in [0.29, 0.717) is 3.58 Å². The fourth-order valence-electron chi connectivity index (χ4n) is 0.976. The smallest absolute Gasteiger partial charge is 0.231 e. The highest BCUT2D eigenvalue weighted by atomic mass is 127. The van der Waals surface area contributed by atoms with Crippen LogP contribution in [0.15, 0.2) is 19.0 Å². The van der Waals surface area contributed by atoms with Crippen molar-refractivity contribution < 1.29 is 9.59 Å². The van der Waals surface area contributed by atoms with Crippen LogP contribution in [0.1, 0.15) is 6.92 Å². The van der Waals surface area contributed by atoms with Crippen LogP contribution in [0.4, 0.5) is 0 Å². The van der Waals surface area contributed by atoms with Crippen molar-refractivity contribution in [3.63, 3.8) is 0 Å². The number of rotatable bonds is 0. The van der Waals surface area contributed by atoms with Gasteiger partial charge in [0.05, 0.1) is 3.58 Å². The van der Waals surface area contributed by atoms with Crippen LogP contribution in [0, 0.1) is 0 Å². The van der Waals surface area contributed by atoms with Crippen molar-refractivity contribution in [1.29, 1.82) is 0 Å². The molecule has 0 bridgehead atoms. The molecule has 0 unspecified atom stereocenters. The summed E-state index contributed by atoms with van der Waals surface area (Å²) in [5.74, 6) is 0. The van der Waals surface area contributed by atoms with Crippen molar-refractivity contribution >= 4 is 56.3 Å². The van der Waals surface area contributed by atoms with Gasteiger partial charge in [0.25, 0.3) is 0 Å². The zero-order valence-corrected chi connectivity index (χ0v) is 9.80. The van der Waals surface area contributed by atoms with Gasteiger partial charge >= 0.3 is 0 Å². The molecular weight excluding hydrogens is 307 g/mol. The summed E-state index contributed by atoms with van der Waals surface area (Å²) in [5.41, 5.74) is 0.722. The van der Waals surface area contributed by atoms with Crippen LogP contribution in [0.25, 0.3) is 0 Å². The Morgan fingerprint density at radius 3 is 2.25 bits per heavy atom. The molecule has 0 saturated carbocycles. The van der Waals surface area contributed by atoms with Crippen molar-refractivity contribution in [3.8, 4) is 0 Å². The summed E-state index contributed by atoms with van der Waals surface area (Å²) in [6.07, 6.45) is 0. The SMILES string of the molecule is CC1=C2SC(=O)C(I)=C2SC1=O. The molecule has 62 valence electrons. The number of thioether (sulfide) groups is 2. The van der Waals surface area contributed by atoms with Gasteiger partial charge in [-0.2, -0.15) is 0 Å². The van der Waals surface area contributed by atoms with Gasteiger partial charge in [-0.15, -0.1) is 0 Å². The summed E-state index contributed by atoms with van der Waals surface area (Å²) in [4.78, 5) is 24.1. The first-order valence-corrected chi connectivity index (χ1v) is 5.88. The third-order valence-corrected chi connectivity index (χ3v) is 5.72. The predicted octanol–water partition coefficient (Wildman–Crippen LogP) is 2.45. The zero-order valence-electron chi connectivity index (χ0n) is 6.01. The first-order chi connectivity index (χ1) is 5.61. The topological polar surface area (TPSA) is 34.1 Å². The molecule has 0 atom stereocenters. The third-order valence-electron chi connectivity index (χ3n) is 1.62. The van der Waals surface area contributed by atoms with Crippen LogP contribution in [0.2, 0.25) is 0 Å². The summed E-state index contributed by atoms with van der Waals surface area (Å²) in [5, 5.41) is 0.147. The van der Waals surface area contributed by atoms with Crippen LogP contribution in [0.3, 0.4) is 0 Å². The molecule has 2 aliphatic heterocycles. The lowest BCUT2D eigenvalue weighted by molar-refractivity contribution is -0.107. The van der Waals surface area contributed by atoms with E-state index in [2.05, 4.69) is 0 Å². The molecule has 0 amide bonds. The van der Waals surface area contributed by atoms with Crippen LogP contribution in [0.5, 0.6) is 0 Å². The Kier molecular flexibility index (Phi) is 2.12. The zero-order chi connectivity index (χ0) is 8.88. The number of carbonyl (C=O) groups is 2. The summed E-state index contributed by atoms with van der Waals surface area (Å²) >= 11 is 4.34. The molecule has 0 radical (unpaired) electrons. The van der Waals surface area contributed by atoms with Gasteiger partial charge in [-0.05, 0) is 53.0 Å². The van der Waals surface area contributed by atoms with Crippen molar-refractivity contribution in [2.45, 2.75) is 6.92 Å². The fourth-order valence-corrected chi connectivity index (χ4v) is 4.15. The highest BCUT2D eigenvalue weighted by Crippen LogP contribution is 2.52. The first-order valence-electron chi connectivity index (χ1n) is 3.16. The number of fused-ring (bicyclic) bond motifs is 1. The number of hydrogen-bond acceptors (Lipinski definition) is 4. The van der Waals surface area contributed by atoms with Gasteiger partial charge in [0.2, 0.25) is 10.2 Å². The van der Waals surface area contributed by atoms with Gasteiger partial charge in [0, 0.05) is 15.4 Å². The predicted molar refractivity (Wildman–Crippen MR) is 58.9 cm³/mol. The van der Waals surface area contributed by atoms with E-state index in [9.17, 15) is 9.59 Å². The Bertz CT molecular complexity index is 332. The maximum atomic E-state index is 11.2. The minimum Gasteiger partial charge on any atom is -0.282 e. The Morgan fingerprint density at radius 1 is 1.08 bits per heavy atom. The molecule has 2 aliphatic rings. The van der Waals surface area contributed by atoms with Gasteiger partial charge in [-0.3, -0.25) is 9.59 Å². The average Bonchev–Trinajstić information content (AvgIpc) is 2.43. The molecule has 0 N–H and O–H groups in total. The molecule has 0 aromatic carbocycles. The molecule has 0 fully saturated rings. The largest absolute Gasteiger partial charge is 0.282 e. The Hall–Kier alpha value is 0.250. The highest BCUT2D eigenvalue weighted by molar-refractivity contribution is 14.1. The number of hydrogen-bond donors (Lipinski definition) is 0. The lowest BCUT2D eigenvalue weighted by Crippen LogP contribution is -1.88. The fraction of sp³-hybridized carbons (Fsp3) is 0.143. The van der Waals surface area contributed by atoms with Crippen LogP contribution in [-0.2, 0) is 9.59 Å². The molecule has 0 aromatic heterocycles. The van der Waals surface area contributed by atoms with E-state index in [1.165, 1.54) is 23.5 Å². The minimum absolute atomic E-state index is 0.0694. The number of halogens is 1. The standard InChI is InChI=1S/C7H3IO2S2/c1-2-4-5(12-6(2)9)3(8)7(10)11-4/h1H3. The van der Waals surface area contributed by atoms with E-state index in [1.807, 2.05) is 22.6 Å². The highest BCUT2D eigenvalue weighted by Gasteiger charge is 2.36. The average molecular weight is 310 g/mol. The minimum atomic E-state index is 0.0694. The van der Waals surface area contributed by atoms with Crippen LogP contribution in [-0.4, -0.2) is 10.2 Å². The maximum Gasteiger partial charge on any atom is 0.231 e. The molecule has 5 heteroatoms. The second-order valence-corrected chi connectivity index (χ2v) is 5.42. The van der Waals surface area contributed by atoms with E-state index in [0.717, 1.165) is 15.4 Å². The molecule has 0 spiro atoms. The van der Waals surface area contributed by atoms with Gasteiger partial charge in [-0.25, -0.2) is 0 Å². The second-order valence-electron chi connectivity index (χ2n) is 2.38. The summed E-state index contributed by atoms with van der Waals surface area (Å²) in [6.45, 7) is 1.77. The van der Waals surface area contributed by atoms with Gasteiger partial charge in [0.15, 0.2) is 0 Å². The molecule has 0 aliphatic carbocycles. The van der Waals surface area contributed by atoms with Crippen molar-refractivity contribution in [3.05, 3.63) is 19.0 Å². The van der Waals surface area contributed by atoms with E-state index < -0.39 is 0 Å². The lowest BCUT2D eigenvalue weighted by atomic mass is 10.3. The summed E-state index contributed by atoms with van der Waals surface area (Å²) in [6, 6.07) is 0. The Morgan fingerprint density at radius 2 is 1.67 bits per heavy atom. The van der Waals surface area contributed by atoms with Gasteiger partial charge in [-0.1, -0.05) is 0 Å². The Balaban J connectivity index is 2.59. The molecule has 2 nitrogen and oxygen atoms in total. The van der Waals surface area contributed by atoms with E-state index in [-0.39, 0.29) is 10.2 Å². The van der Waals surface area contributed by atoms with Crippen molar-refractivity contribution in [2.75, 3.05) is 0 Å². The normalized spacial score (nSPS) is 22.8. The number of carbonyl (C=O) groups excluding carboxylic acids is 2. The van der Waals surface area contributed by atoms with Crippen LogP contribution >= 0.6 is 46.1 Å². The molecule has 12 heavy (non-hydrogen) atoms. The molecule has 2 heterocycles. The van der Waals surface area contributed by atoms with E-state index >= 15 is 0 Å². The molecule has 2 rings (SSSR count). The summed E-state index contributed by atoms with van der Waals surface area (Å²) in [7, 11) is 0. The van der Waals surface area contributed by atoms with Crippen molar-refractivity contribution in [1.82, 2.24) is 0 Å². The molecule has 0 aromatic rings. The maximum absolute atomic E-state index is 11.2. The summed E-state index contributed by atoms with van der Waals surface area (Å²) < 4.78 is 0.697. The quantitative estimate of drug-likeness (QED) is 0.644. The monoisotopic (exact) mass is 310 g/mol. The van der Waals surface area contributed by atoms with Gasteiger partial charge in [0.1, 0.15) is 0 Å². The van der Waals surface area contributed by atoms with E-state index in [1.54, 1.807) is 6.92 Å². The first kappa shape index (κ1) is 8.83. The lowest BCUT2D eigenvalue weighted by Gasteiger charge is -1.89.